The lowest BCUT2D eigenvalue weighted by Crippen LogP contribution is -2.31. The second-order valence-electron chi connectivity index (χ2n) is 4.82. The number of allylic oxidation sites excluding steroid dienone is 2. The smallest absolute Gasteiger partial charge is 0.262 e. The predicted molar refractivity (Wildman–Crippen MR) is 82.1 cm³/mol. The van der Waals surface area contributed by atoms with Gasteiger partial charge in [-0.3, -0.25) is 0 Å². The minimum absolute atomic E-state index is 1.26. The number of thiazole rings is 1. The van der Waals surface area contributed by atoms with Crippen molar-refractivity contribution in [3.63, 3.8) is 0 Å². The third-order valence-electron chi connectivity index (χ3n) is 3.56. The summed E-state index contributed by atoms with van der Waals surface area (Å²) in [4.78, 5) is 2.16. The molecule has 19 heavy (non-hydrogen) atoms. The van der Waals surface area contributed by atoms with Gasteiger partial charge in [0.2, 0.25) is 0 Å². The predicted octanol–water partition coefficient (Wildman–Crippen LogP) is 3.39. The molecule has 0 fully saturated rings. The van der Waals surface area contributed by atoms with Crippen molar-refractivity contribution in [1.29, 1.82) is 0 Å². The largest absolute Gasteiger partial charge is 0.351 e. The number of aryl methyl sites for hydroxylation is 1. The molecule has 3 heteroatoms. The molecule has 2 aromatic rings. The maximum Gasteiger partial charge on any atom is 0.262 e. The summed E-state index contributed by atoms with van der Waals surface area (Å²) in [6.07, 6.45) is 6.56. The van der Waals surface area contributed by atoms with E-state index in [2.05, 4.69) is 78.5 Å². The Bertz CT molecular complexity index is 680. The Kier molecular flexibility index (Phi) is 2.99. The summed E-state index contributed by atoms with van der Waals surface area (Å²) >= 11 is 1.78. The van der Waals surface area contributed by atoms with E-state index < -0.39 is 0 Å². The van der Waals surface area contributed by atoms with Gasteiger partial charge < -0.3 is 4.90 Å². The van der Waals surface area contributed by atoms with Crippen molar-refractivity contribution in [3.05, 3.63) is 58.2 Å². The monoisotopic (exact) mass is 269 g/mol. The van der Waals surface area contributed by atoms with Crippen LogP contribution in [0.4, 0.5) is 5.69 Å². The molecule has 0 aliphatic carbocycles. The van der Waals surface area contributed by atoms with Gasteiger partial charge in [-0.2, -0.15) is 4.57 Å². The van der Waals surface area contributed by atoms with Crippen LogP contribution in [-0.4, -0.2) is 7.05 Å². The quantitative estimate of drug-likeness (QED) is 0.720. The lowest BCUT2D eigenvalue weighted by Gasteiger charge is -2.23. The first-order valence-corrected chi connectivity index (χ1v) is 7.21. The lowest BCUT2D eigenvalue weighted by molar-refractivity contribution is -0.674. The van der Waals surface area contributed by atoms with E-state index in [0.717, 1.165) is 0 Å². The molecule has 0 atom stereocenters. The van der Waals surface area contributed by atoms with Crippen molar-refractivity contribution in [1.82, 2.24) is 0 Å². The Morgan fingerprint density at radius 1 is 1.26 bits per heavy atom. The zero-order chi connectivity index (χ0) is 13.4. The number of nitrogens with zero attached hydrogens (tertiary/aromatic N) is 2. The molecule has 96 valence electrons. The van der Waals surface area contributed by atoms with Gasteiger partial charge in [-0.15, -0.1) is 0 Å². The Morgan fingerprint density at radius 2 is 2.05 bits per heavy atom. The summed E-state index contributed by atoms with van der Waals surface area (Å²) in [6.45, 7) is 2.14. The van der Waals surface area contributed by atoms with Crippen molar-refractivity contribution in [2.45, 2.75) is 6.92 Å². The average Bonchev–Trinajstić information content (AvgIpc) is 2.74. The van der Waals surface area contributed by atoms with Crippen molar-refractivity contribution in [2.24, 2.45) is 7.05 Å². The summed E-state index contributed by atoms with van der Waals surface area (Å²) in [5.74, 6) is 0. The van der Waals surface area contributed by atoms with E-state index in [1.807, 2.05) is 0 Å². The third-order valence-corrected chi connectivity index (χ3v) is 4.65. The van der Waals surface area contributed by atoms with Gasteiger partial charge in [-0.05, 0) is 17.7 Å². The van der Waals surface area contributed by atoms with Gasteiger partial charge in [0.15, 0.2) is 5.69 Å². The van der Waals surface area contributed by atoms with Crippen molar-refractivity contribution >= 4 is 28.7 Å². The fraction of sp³-hybridized carbons (Fsp3) is 0.188. The maximum atomic E-state index is 2.26. The highest BCUT2D eigenvalue weighted by Crippen LogP contribution is 2.32. The number of hydrogen-bond donors (Lipinski definition) is 0. The van der Waals surface area contributed by atoms with Gasteiger partial charge in [0, 0.05) is 37.5 Å². The molecule has 1 aliphatic rings. The van der Waals surface area contributed by atoms with Crippen LogP contribution in [0.2, 0.25) is 0 Å². The fourth-order valence-electron chi connectivity index (χ4n) is 2.25. The van der Waals surface area contributed by atoms with Crippen LogP contribution in [0.1, 0.15) is 16.3 Å². The third kappa shape index (κ3) is 2.10. The Balaban J connectivity index is 2.11. The number of rotatable bonds is 1. The van der Waals surface area contributed by atoms with Crippen LogP contribution in [0.3, 0.4) is 0 Å². The van der Waals surface area contributed by atoms with Gasteiger partial charge in [0.05, 0.1) is 5.38 Å². The van der Waals surface area contributed by atoms with Gasteiger partial charge in [0.25, 0.3) is 5.01 Å². The summed E-state index contributed by atoms with van der Waals surface area (Å²) in [5, 5.41) is 3.47. The Hall–Kier alpha value is -1.87. The molecule has 1 aromatic carbocycles. The van der Waals surface area contributed by atoms with E-state index in [1.165, 1.54) is 27.5 Å². The molecule has 0 bridgehead atoms. The number of aromatic nitrogens is 1. The molecular formula is C16H17N2S+. The summed E-state index contributed by atoms with van der Waals surface area (Å²) in [6, 6.07) is 8.52. The van der Waals surface area contributed by atoms with Crippen LogP contribution in [0, 0.1) is 6.92 Å². The van der Waals surface area contributed by atoms with E-state index in [0.29, 0.717) is 0 Å². The molecule has 0 saturated heterocycles. The average molecular weight is 269 g/mol. The van der Waals surface area contributed by atoms with Crippen LogP contribution in [0.25, 0.3) is 11.6 Å². The molecule has 0 N–H and O–H groups in total. The summed E-state index contributed by atoms with van der Waals surface area (Å²) in [7, 11) is 4.20. The molecule has 0 amide bonds. The zero-order valence-electron chi connectivity index (χ0n) is 11.4. The molecular weight excluding hydrogens is 252 g/mol. The SMILES string of the molecule is Cc1csc(C=C2C=CN(C)c3ccccc32)[n+]1C. The minimum Gasteiger partial charge on any atom is -0.351 e. The Morgan fingerprint density at radius 3 is 2.79 bits per heavy atom. The van der Waals surface area contributed by atoms with Gasteiger partial charge in [0.1, 0.15) is 7.05 Å². The normalized spacial score (nSPS) is 15.9. The highest BCUT2D eigenvalue weighted by Gasteiger charge is 2.16. The molecule has 1 aliphatic heterocycles. The fourth-order valence-corrected chi connectivity index (χ4v) is 3.20. The van der Waals surface area contributed by atoms with Crippen molar-refractivity contribution < 1.29 is 4.57 Å². The number of hydrogen-bond acceptors (Lipinski definition) is 2. The maximum absolute atomic E-state index is 2.26. The number of benzene rings is 1. The standard InChI is InChI=1S/C16H17N2S/c1-12-11-19-16(18(12)3)10-13-8-9-17(2)15-7-5-4-6-14(13)15/h4-11H,1-3H3/q+1. The van der Waals surface area contributed by atoms with E-state index in [1.54, 1.807) is 11.3 Å². The van der Waals surface area contributed by atoms with E-state index >= 15 is 0 Å². The molecule has 0 radical (unpaired) electrons. The second-order valence-corrected chi connectivity index (χ2v) is 5.71. The van der Waals surface area contributed by atoms with Crippen LogP contribution in [-0.2, 0) is 7.05 Å². The molecule has 0 spiro atoms. The number of para-hydroxylation sites is 1. The first kappa shape index (κ1) is 12.2. The van der Waals surface area contributed by atoms with E-state index in [4.69, 9.17) is 0 Å². The van der Waals surface area contributed by atoms with Crippen LogP contribution >= 0.6 is 11.3 Å². The van der Waals surface area contributed by atoms with Crippen molar-refractivity contribution in [3.8, 4) is 0 Å². The number of anilines is 1. The van der Waals surface area contributed by atoms with Gasteiger partial charge in [-0.1, -0.05) is 29.5 Å². The van der Waals surface area contributed by atoms with Gasteiger partial charge >= 0.3 is 0 Å². The van der Waals surface area contributed by atoms with Crippen LogP contribution < -0.4 is 9.47 Å². The highest BCUT2D eigenvalue weighted by molar-refractivity contribution is 7.10. The lowest BCUT2D eigenvalue weighted by atomic mass is 10.00. The molecule has 2 heterocycles. The molecule has 0 saturated carbocycles. The second kappa shape index (κ2) is 4.67. The molecule has 3 rings (SSSR count). The molecule has 0 unspecified atom stereocenters. The highest BCUT2D eigenvalue weighted by atomic mass is 32.1. The van der Waals surface area contributed by atoms with Gasteiger partial charge in [-0.25, -0.2) is 0 Å². The number of fused-ring (bicyclic) bond motifs is 1. The van der Waals surface area contributed by atoms with E-state index in [9.17, 15) is 0 Å². The minimum atomic E-state index is 1.26. The summed E-state index contributed by atoms with van der Waals surface area (Å²) in [5.41, 5.74) is 5.11. The summed E-state index contributed by atoms with van der Waals surface area (Å²) < 4.78 is 2.23. The topological polar surface area (TPSA) is 7.12 Å². The van der Waals surface area contributed by atoms with Crippen molar-refractivity contribution in [2.75, 3.05) is 11.9 Å². The first-order valence-electron chi connectivity index (χ1n) is 6.33. The van der Waals surface area contributed by atoms with Crippen LogP contribution in [0.5, 0.6) is 0 Å². The first-order chi connectivity index (χ1) is 9.16. The van der Waals surface area contributed by atoms with Crippen LogP contribution in [0.15, 0.2) is 41.9 Å². The van der Waals surface area contributed by atoms with E-state index in [-0.39, 0.29) is 0 Å². The zero-order valence-corrected chi connectivity index (χ0v) is 12.2. The Labute approximate surface area is 117 Å². The molecule has 2 nitrogen and oxygen atoms in total. The molecule has 1 aromatic heterocycles.